The van der Waals surface area contributed by atoms with E-state index in [1.807, 2.05) is 37.3 Å². The molecule has 7 nitrogen and oxygen atoms in total. The zero-order chi connectivity index (χ0) is 17.9. The standard InChI is InChI=1S/C17H17N5O2S/c1-13-8-9-16(19-18-13)22-17(12-14(2)20-22)21-25(23,24)11-10-15-6-4-3-5-7-15/h3-12,21H,1-2H3/b11-10+. The van der Waals surface area contributed by atoms with Crippen LogP contribution in [-0.4, -0.2) is 28.4 Å². The zero-order valence-electron chi connectivity index (χ0n) is 13.8. The number of aromatic nitrogens is 4. The minimum absolute atomic E-state index is 0.299. The summed E-state index contributed by atoms with van der Waals surface area (Å²) in [5.41, 5.74) is 2.22. The first kappa shape index (κ1) is 16.8. The van der Waals surface area contributed by atoms with Crippen molar-refractivity contribution in [3.63, 3.8) is 0 Å². The second kappa shape index (κ2) is 6.86. The van der Waals surface area contributed by atoms with Crippen molar-refractivity contribution >= 4 is 21.9 Å². The first-order chi connectivity index (χ1) is 11.9. The molecule has 0 saturated carbocycles. The predicted octanol–water partition coefficient (Wildman–Crippen LogP) is 2.69. The van der Waals surface area contributed by atoms with Crippen molar-refractivity contribution < 1.29 is 8.42 Å². The second-order valence-corrected chi connectivity index (χ2v) is 7.04. The van der Waals surface area contributed by atoms with Crippen LogP contribution in [-0.2, 0) is 10.0 Å². The fraction of sp³-hybridized carbons (Fsp3) is 0.118. The van der Waals surface area contributed by atoms with E-state index in [0.29, 0.717) is 17.3 Å². The van der Waals surface area contributed by atoms with Gasteiger partial charge in [-0.2, -0.15) is 14.9 Å². The molecule has 0 amide bonds. The summed E-state index contributed by atoms with van der Waals surface area (Å²) in [5, 5.41) is 13.4. The van der Waals surface area contributed by atoms with Gasteiger partial charge in [-0.05, 0) is 37.6 Å². The molecule has 128 valence electrons. The van der Waals surface area contributed by atoms with E-state index in [0.717, 1.165) is 16.7 Å². The predicted molar refractivity (Wildman–Crippen MR) is 96.6 cm³/mol. The zero-order valence-corrected chi connectivity index (χ0v) is 14.6. The highest BCUT2D eigenvalue weighted by atomic mass is 32.2. The van der Waals surface area contributed by atoms with Gasteiger partial charge in [-0.1, -0.05) is 30.3 Å². The molecular formula is C17H17N5O2S. The summed E-state index contributed by atoms with van der Waals surface area (Å²) in [6, 6.07) is 14.3. The van der Waals surface area contributed by atoms with Gasteiger partial charge in [-0.25, -0.2) is 8.42 Å². The molecule has 0 aliphatic heterocycles. The maximum Gasteiger partial charge on any atom is 0.256 e. The van der Waals surface area contributed by atoms with Crippen molar-refractivity contribution in [1.82, 2.24) is 20.0 Å². The number of anilines is 1. The topological polar surface area (TPSA) is 89.8 Å². The molecule has 8 heteroatoms. The van der Waals surface area contributed by atoms with Crippen molar-refractivity contribution in [2.75, 3.05) is 4.72 Å². The molecule has 0 atom stereocenters. The average Bonchev–Trinajstić information content (AvgIpc) is 2.94. The van der Waals surface area contributed by atoms with Gasteiger partial charge in [0.15, 0.2) is 5.82 Å². The van der Waals surface area contributed by atoms with Crippen molar-refractivity contribution in [2.45, 2.75) is 13.8 Å². The van der Waals surface area contributed by atoms with Crippen molar-refractivity contribution in [1.29, 1.82) is 0 Å². The Hall–Kier alpha value is -3.00. The number of hydrogen-bond donors (Lipinski definition) is 1. The lowest BCUT2D eigenvalue weighted by Gasteiger charge is -2.07. The molecule has 0 aliphatic rings. The Labute approximate surface area is 146 Å². The minimum Gasteiger partial charge on any atom is -0.264 e. The first-order valence-corrected chi connectivity index (χ1v) is 9.11. The summed E-state index contributed by atoms with van der Waals surface area (Å²) < 4.78 is 28.6. The SMILES string of the molecule is Cc1ccc(-n2nc(C)cc2NS(=O)(=O)/C=C/c2ccccc2)nn1. The Morgan fingerprint density at radius 1 is 1.00 bits per heavy atom. The van der Waals surface area contributed by atoms with E-state index >= 15 is 0 Å². The molecule has 0 fully saturated rings. The summed E-state index contributed by atoms with van der Waals surface area (Å²) in [5.74, 6) is 0.733. The molecule has 0 spiro atoms. The van der Waals surface area contributed by atoms with Crippen LogP contribution in [0, 0.1) is 13.8 Å². The third-order valence-electron chi connectivity index (χ3n) is 3.32. The van der Waals surface area contributed by atoms with Gasteiger partial charge < -0.3 is 0 Å². The van der Waals surface area contributed by atoms with Gasteiger partial charge in [-0.15, -0.1) is 5.10 Å². The lowest BCUT2D eigenvalue weighted by atomic mass is 10.2. The fourth-order valence-electron chi connectivity index (χ4n) is 2.16. The van der Waals surface area contributed by atoms with Crippen LogP contribution in [0.25, 0.3) is 11.9 Å². The van der Waals surface area contributed by atoms with Crippen LogP contribution in [0.2, 0.25) is 0 Å². The molecule has 0 radical (unpaired) electrons. The van der Waals surface area contributed by atoms with E-state index in [1.54, 1.807) is 25.1 Å². The lowest BCUT2D eigenvalue weighted by Crippen LogP contribution is -2.13. The maximum absolute atomic E-state index is 12.3. The Bertz CT molecular complexity index is 993. The van der Waals surface area contributed by atoms with E-state index in [-0.39, 0.29) is 0 Å². The van der Waals surface area contributed by atoms with E-state index in [2.05, 4.69) is 20.0 Å². The van der Waals surface area contributed by atoms with Gasteiger partial charge in [0.1, 0.15) is 5.82 Å². The summed E-state index contributed by atoms with van der Waals surface area (Å²) in [4.78, 5) is 0. The molecule has 0 unspecified atom stereocenters. The van der Waals surface area contributed by atoms with Gasteiger partial charge >= 0.3 is 0 Å². The van der Waals surface area contributed by atoms with Crippen LogP contribution in [0.1, 0.15) is 17.0 Å². The quantitative estimate of drug-likeness (QED) is 0.760. The minimum atomic E-state index is -3.70. The number of sulfonamides is 1. The highest BCUT2D eigenvalue weighted by Gasteiger charge is 2.14. The Kier molecular flexibility index (Phi) is 4.62. The van der Waals surface area contributed by atoms with Crippen LogP contribution in [0.3, 0.4) is 0 Å². The average molecular weight is 355 g/mol. The largest absolute Gasteiger partial charge is 0.264 e. The molecule has 3 rings (SSSR count). The Balaban J connectivity index is 1.87. The van der Waals surface area contributed by atoms with Crippen molar-refractivity contribution in [3.05, 3.63) is 70.9 Å². The molecular weight excluding hydrogens is 338 g/mol. The third kappa shape index (κ3) is 4.30. The summed E-state index contributed by atoms with van der Waals surface area (Å²) in [6.07, 6.45) is 1.53. The molecule has 2 aromatic heterocycles. The summed E-state index contributed by atoms with van der Waals surface area (Å²) in [7, 11) is -3.70. The molecule has 1 aromatic carbocycles. The van der Waals surface area contributed by atoms with Crippen LogP contribution < -0.4 is 4.72 Å². The molecule has 0 saturated heterocycles. The van der Waals surface area contributed by atoms with Crippen LogP contribution in [0.15, 0.2) is 53.9 Å². The van der Waals surface area contributed by atoms with E-state index in [4.69, 9.17) is 0 Å². The monoisotopic (exact) mass is 355 g/mol. The number of rotatable bonds is 5. The molecule has 3 aromatic rings. The molecule has 25 heavy (non-hydrogen) atoms. The lowest BCUT2D eigenvalue weighted by molar-refractivity contribution is 0.609. The number of aryl methyl sites for hydroxylation is 2. The van der Waals surface area contributed by atoms with Gasteiger partial charge in [0, 0.05) is 6.07 Å². The number of nitrogens with zero attached hydrogens (tertiary/aromatic N) is 4. The number of hydrogen-bond acceptors (Lipinski definition) is 5. The van der Waals surface area contributed by atoms with Crippen LogP contribution >= 0.6 is 0 Å². The van der Waals surface area contributed by atoms with Gasteiger partial charge in [0.05, 0.1) is 16.8 Å². The van der Waals surface area contributed by atoms with Gasteiger partial charge in [0.25, 0.3) is 10.0 Å². The van der Waals surface area contributed by atoms with E-state index < -0.39 is 10.0 Å². The maximum atomic E-state index is 12.3. The molecule has 1 N–H and O–H groups in total. The van der Waals surface area contributed by atoms with Crippen LogP contribution in [0.5, 0.6) is 0 Å². The summed E-state index contributed by atoms with van der Waals surface area (Å²) in [6.45, 7) is 3.60. The van der Waals surface area contributed by atoms with Crippen molar-refractivity contribution in [2.24, 2.45) is 0 Å². The molecule has 0 aliphatic carbocycles. The Morgan fingerprint density at radius 2 is 1.76 bits per heavy atom. The highest BCUT2D eigenvalue weighted by molar-refractivity contribution is 7.95. The van der Waals surface area contributed by atoms with Crippen LogP contribution in [0.4, 0.5) is 5.82 Å². The first-order valence-electron chi connectivity index (χ1n) is 7.56. The van der Waals surface area contributed by atoms with E-state index in [1.165, 1.54) is 10.8 Å². The van der Waals surface area contributed by atoms with Gasteiger partial charge in [0.2, 0.25) is 0 Å². The third-order valence-corrected chi connectivity index (χ3v) is 4.31. The molecule has 2 heterocycles. The number of nitrogens with one attached hydrogen (secondary N) is 1. The number of benzene rings is 1. The second-order valence-electron chi connectivity index (χ2n) is 5.48. The molecule has 0 bridgehead atoms. The van der Waals surface area contributed by atoms with Crippen molar-refractivity contribution in [3.8, 4) is 5.82 Å². The fourth-order valence-corrected chi connectivity index (χ4v) is 3.00. The normalized spacial score (nSPS) is 11.8. The highest BCUT2D eigenvalue weighted by Crippen LogP contribution is 2.17. The van der Waals surface area contributed by atoms with Gasteiger partial charge in [-0.3, -0.25) is 4.72 Å². The van der Waals surface area contributed by atoms with E-state index in [9.17, 15) is 8.42 Å². The summed E-state index contributed by atoms with van der Waals surface area (Å²) >= 11 is 0. The Morgan fingerprint density at radius 3 is 2.44 bits per heavy atom. The smallest absolute Gasteiger partial charge is 0.256 e.